The van der Waals surface area contributed by atoms with Crippen LogP contribution >= 0.6 is 12.1 Å². The molecule has 3 amide bonds. The first kappa shape index (κ1) is 56.7. The second-order valence-corrected chi connectivity index (χ2v) is 16.5. The Morgan fingerprint density at radius 1 is 0.467 bits per heavy atom. The average molecular weight is 1090 g/mol. The van der Waals surface area contributed by atoms with E-state index >= 15 is 0 Å². The number of fused-ring (bicyclic) bond motifs is 3. The van der Waals surface area contributed by atoms with Gasteiger partial charge in [-0.2, -0.15) is 3.89 Å². The van der Waals surface area contributed by atoms with Crippen molar-refractivity contribution in [2.45, 2.75) is 76.1 Å². The highest BCUT2D eigenvalue weighted by Crippen LogP contribution is 2.41. The molecule has 12 nitrogen and oxygen atoms in total. The van der Waals surface area contributed by atoms with Crippen LogP contribution in [0.2, 0.25) is 0 Å². The van der Waals surface area contributed by atoms with Gasteiger partial charge in [0.25, 0.3) is 37.0 Å². The number of hydrogen-bond acceptors (Lipinski definition) is 10. The first-order valence-electron chi connectivity index (χ1n) is 21.9. The summed E-state index contributed by atoms with van der Waals surface area (Å²) in [6, 6.07) is 12.6. The molecule has 75 heavy (non-hydrogen) atoms. The molecule has 0 bridgehead atoms. The van der Waals surface area contributed by atoms with E-state index in [1.54, 1.807) is 0 Å². The standard InChI is InChI=1S/3C16H12F4N2O2.CH3FS/c3*17-7-1-2-8(11(18)5-7)10-6-12(15(21)23)22-16-9(10)3-4-13(24-16)14(19)20;1-3-2/h3*1-2,5-6,13-14H,3-4H2,(H2,21,23);1H3/t2*13-;;/m10../s1. The van der Waals surface area contributed by atoms with Crippen LogP contribution in [0.15, 0.2) is 72.8 Å². The minimum atomic E-state index is -2.72. The van der Waals surface area contributed by atoms with Crippen LogP contribution in [0.3, 0.4) is 0 Å². The van der Waals surface area contributed by atoms with Crippen molar-refractivity contribution < 1.29 is 85.2 Å². The number of carbonyl (C=O) groups is 3. The molecule has 0 aliphatic carbocycles. The van der Waals surface area contributed by atoms with Crippen LogP contribution in [0, 0.1) is 34.9 Å². The Hall–Kier alpha value is -7.64. The van der Waals surface area contributed by atoms with Gasteiger partial charge in [-0.05, 0) is 110 Å². The van der Waals surface area contributed by atoms with Crippen LogP contribution in [0.25, 0.3) is 33.4 Å². The number of alkyl halides is 6. The zero-order valence-electron chi connectivity index (χ0n) is 38.5. The molecule has 3 atom stereocenters. The van der Waals surface area contributed by atoms with Gasteiger partial charge >= 0.3 is 0 Å². The molecule has 26 heteroatoms. The van der Waals surface area contributed by atoms with E-state index in [1.807, 2.05) is 0 Å². The second-order valence-electron chi connectivity index (χ2n) is 16.2. The van der Waals surface area contributed by atoms with Crippen LogP contribution < -0.4 is 31.4 Å². The number of nitrogens with zero attached hydrogens (tertiary/aromatic N) is 3. The fraction of sp³-hybridized carbons (Fsp3) is 0.265. The molecule has 6 N–H and O–H groups in total. The van der Waals surface area contributed by atoms with Gasteiger partial charge < -0.3 is 31.4 Å². The summed E-state index contributed by atoms with van der Waals surface area (Å²) in [4.78, 5) is 45.8. The minimum Gasteiger partial charge on any atom is -0.468 e. The lowest BCUT2D eigenvalue weighted by Crippen LogP contribution is -2.31. The first-order chi connectivity index (χ1) is 35.5. The molecular formula is C49H39F13N6O6S. The van der Waals surface area contributed by atoms with E-state index in [1.165, 1.54) is 42.7 Å². The van der Waals surface area contributed by atoms with Gasteiger partial charge in [-0.1, -0.05) is 0 Å². The molecule has 6 aromatic rings. The number of primary amides is 3. The summed E-state index contributed by atoms with van der Waals surface area (Å²) >= 11 is 0.250. The lowest BCUT2D eigenvalue weighted by Gasteiger charge is -2.26. The number of ether oxygens (including phenoxy) is 3. The summed E-state index contributed by atoms with van der Waals surface area (Å²) in [7, 11) is 0. The summed E-state index contributed by atoms with van der Waals surface area (Å²) in [6.07, 6.45) is -10.4. The van der Waals surface area contributed by atoms with Crippen molar-refractivity contribution in [2.75, 3.05) is 6.26 Å². The van der Waals surface area contributed by atoms with E-state index in [0.29, 0.717) is 34.9 Å². The molecule has 0 saturated carbocycles. The summed E-state index contributed by atoms with van der Waals surface area (Å²) < 4.78 is 184. The van der Waals surface area contributed by atoms with Crippen molar-refractivity contribution >= 4 is 29.9 Å². The fourth-order valence-electron chi connectivity index (χ4n) is 7.88. The third-order valence-electron chi connectivity index (χ3n) is 11.3. The van der Waals surface area contributed by atoms with Gasteiger partial charge in [0.05, 0.1) is 0 Å². The Kier molecular flexibility index (Phi) is 18.6. The average Bonchev–Trinajstić information content (AvgIpc) is 3.35. The Morgan fingerprint density at radius 3 is 0.907 bits per heavy atom. The zero-order chi connectivity index (χ0) is 55.0. The highest BCUT2D eigenvalue weighted by molar-refractivity contribution is 7.93. The number of hydrogen-bond donors (Lipinski definition) is 3. The maximum atomic E-state index is 14.1. The van der Waals surface area contributed by atoms with Gasteiger partial charge in [-0.15, -0.1) is 0 Å². The molecule has 9 rings (SSSR count). The van der Waals surface area contributed by atoms with Crippen molar-refractivity contribution in [3.63, 3.8) is 0 Å². The highest BCUT2D eigenvalue weighted by Gasteiger charge is 2.34. The Morgan fingerprint density at radius 2 is 0.707 bits per heavy atom. The number of benzene rings is 3. The topological polar surface area (TPSA) is 196 Å². The van der Waals surface area contributed by atoms with Gasteiger partial charge in [0.1, 0.15) is 52.0 Å². The highest BCUT2D eigenvalue weighted by atomic mass is 32.2. The van der Waals surface area contributed by atoms with E-state index < -0.39 is 90.2 Å². The lowest BCUT2D eigenvalue weighted by atomic mass is 9.94. The number of carbonyl (C=O) groups excluding carboxylic acids is 3. The number of aromatic nitrogens is 3. The molecule has 1 unspecified atom stereocenters. The minimum absolute atomic E-state index is 0.0108. The van der Waals surface area contributed by atoms with Crippen molar-refractivity contribution in [3.05, 3.63) is 141 Å². The van der Waals surface area contributed by atoms with Crippen LogP contribution in [0.1, 0.15) is 67.4 Å². The number of nitrogens with two attached hydrogens (primary N) is 3. The van der Waals surface area contributed by atoms with E-state index in [-0.39, 0.29) is 119 Å². The van der Waals surface area contributed by atoms with E-state index in [4.69, 9.17) is 31.4 Å². The number of halogens is 13. The smallest absolute Gasteiger partial charge is 0.274 e. The van der Waals surface area contributed by atoms with E-state index in [2.05, 4.69) is 15.0 Å². The van der Waals surface area contributed by atoms with Crippen molar-refractivity contribution in [1.82, 2.24) is 15.0 Å². The monoisotopic (exact) mass is 1090 g/mol. The molecule has 0 saturated heterocycles. The quantitative estimate of drug-likeness (QED) is 0.117. The van der Waals surface area contributed by atoms with Crippen LogP contribution in [-0.4, -0.2) is 76.5 Å². The third kappa shape index (κ3) is 13.6. The predicted molar refractivity (Wildman–Crippen MR) is 245 cm³/mol. The van der Waals surface area contributed by atoms with Crippen molar-refractivity contribution in [2.24, 2.45) is 17.2 Å². The normalized spacial score (nSPS) is 16.2. The molecular weight excluding hydrogens is 1050 g/mol. The third-order valence-corrected chi connectivity index (χ3v) is 11.3. The Balaban J connectivity index is 0.000000178. The van der Waals surface area contributed by atoms with Crippen LogP contribution in [0.5, 0.6) is 17.6 Å². The molecule has 3 aliphatic rings. The van der Waals surface area contributed by atoms with E-state index in [9.17, 15) is 71.0 Å². The summed E-state index contributed by atoms with van der Waals surface area (Å²) in [6.45, 7) is 0. The summed E-state index contributed by atoms with van der Waals surface area (Å²) in [5.41, 5.74) is 16.7. The van der Waals surface area contributed by atoms with Gasteiger partial charge in [-0.3, -0.25) is 14.4 Å². The van der Waals surface area contributed by atoms with E-state index in [0.717, 1.165) is 18.2 Å². The Labute approximate surface area is 421 Å². The number of pyridine rings is 3. The molecule has 3 aromatic heterocycles. The van der Waals surface area contributed by atoms with Gasteiger partial charge in [-0.25, -0.2) is 67.6 Å². The maximum Gasteiger partial charge on any atom is 0.274 e. The summed E-state index contributed by atoms with van der Waals surface area (Å²) in [5, 5.41) is 0. The predicted octanol–water partition coefficient (Wildman–Crippen LogP) is 10.5. The molecule has 6 heterocycles. The molecule has 0 fully saturated rings. The van der Waals surface area contributed by atoms with Crippen molar-refractivity contribution in [3.8, 4) is 51.0 Å². The number of rotatable bonds is 9. The molecule has 0 spiro atoms. The maximum absolute atomic E-state index is 14.1. The molecule has 3 aromatic carbocycles. The zero-order valence-corrected chi connectivity index (χ0v) is 39.3. The molecule has 398 valence electrons. The molecule has 3 aliphatic heterocycles. The van der Waals surface area contributed by atoms with Crippen molar-refractivity contribution in [1.29, 1.82) is 0 Å². The SMILES string of the molecule is CSF.NC(=O)c1cc(-c2ccc(F)cc2F)c2c(n1)OC(C(F)F)CC2.NC(=O)c1cc(-c2ccc(F)cc2F)c2c(n1)O[C@@H](C(F)F)CC2.NC(=O)c1cc(-c2ccc(F)cc2F)c2c(n1)O[C@H](C(F)F)CC2. The largest absolute Gasteiger partial charge is 0.468 e. The second kappa shape index (κ2) is 24.6. The van der Waals surface area contributed by atoms with Gasteiger partial charge in [0, 0.05) is 70.0 Å². The summed E-state index contributed by atoms with van der Waals surface area (Å²) in [5.74, 6) is -8.11. The van der Waals surface area contributed by atoms with Gasteiger partial charge in [0.15, 0.2) is 18.3 Å². The first-order valence-corrected chi connectivity index (χ1v) is 23.0. The molecule has 0 radical (unpaired) electrons. The Bertz CT molecular complexity index is 2780. The van der Waals surface area contributed by atoms with Gasteiger partial charge in [0.2, 0.25) is 17.6 Å². The van der Waals surface area contributed by atoms with Crippen LogP contribution in [0.4, 0.5) is 56.6 Å². The number of amides is 3. The van der Waals surface area contributed by atoms with Crippen LogP contribution in [-0.2, 0) is 19.3 Å². The lowest BCUT2D eigenvalue weighted by molar-refractivity contribution is -0.00221. The fourth-order valence-corrected chi connectivity index (χ4v) is 7.88.